The number of carbonyl (C=O) groups is 3. The van der Waals surface area contributed by atoms with Gasteiger partial charge in [0.1, 0.15) is 5.25 Å². The maximum atomic E-state index is 11.6. The number of amides is 3. The van der Waals surface area contributed by atoms with Gasteiger partial charge in [-0.05, 0) is 12.8 Å². The van der Waals surface area contributed by atoms with Gasteiger partial charge in [0, 0.05) is 19.4 Å². The molecule has 0 spiro atoms. The first-order chi connectivity index (χ1) is 8.06. The SMILES string of the molecule is NSC1CC(=O)N(CCCCCC(N)=O)C1=O. The summed E-state index contributed by atoms with van der Waals surface area (Å²) in [6, 6.07) is 0. The molecule has 7 heteroatoms. The largest absolute Gasteiger partial charge is 0.370 e. The molecule has 0 aromatic rings. The number of unbranched alkanes of at least 4 members (excludes halogenated alkanes) is 2. The smallest absolute Gasteiger partial charge is 0.244 e. The Labute approximate surface area is 104 Å². The molecule has 1 aliphatic rings. The predicted octanol–water partition coefficient (Wildman–Crippen LogP) is -0.233. The summed E-state index contributed by atoms with van der Waals surface area (Å²) in [5, 5.41) is 4.90. The predicted molar refractivity (Wildman–Crippen MR) is 64.6 cm³/mol. The fraction of sp³-hybridized carbons (Fsp3) is 0.700. The van der Waals surface area contributed by atoms with Crippen molar-refractivity contribution < 1.29 is 14.4 Å². The van der Waals surface area contributed by atoms with E-state index in [1.165, 1.54) is 4.90 Å². The third-order valence-corrected chi connectivity index (χ3v) is 3.37. The summed E-state index contributed by atoms with van der Waals surface area (Å²) >= 11 is 0.922. The van der Waals surface area contributed by atoms with Gasteiger partial charge in [-0.15, -0.1) is 0 Å². The van der Waals surface area contributed by atoms with Crippen molar-refractivity contribution in [2.45, 2.75) is 37.4 Å². The van der Waals surface area contributed by atoms with E-state index in [9.17, 15) is 14.4 Å². The van der Waals surface area contributed by atoms with Gasteiger partial charge in [-0.1, -0.05) is 18.4 Å². The van der Waals surface area contributed by atoms with Crippen LogP contribution in [0.3, 0.4) is 0 Å². The van der Waals surface area contributed by atoms with Crippen LogP contribution in [-0.4, -0.2) is 34.4 Å². The molecule has 4 N–H and O–H groups in total. The van der Waals surface area contributed by atoms with E-state index in [0.29, 0.717) is 25.8 Å². The molecule has 3 amide bonds. The molecule has 1 unspecified atom stereocenters. The van der Waals surface area contributed by atoms with Gasteiger partial charge in [0.05, 0.1) is 0 Å². The lowest BCUT2D eigenvalue weighted by Crippen LogP contribution is -2.32. The lowest BCUT2D eigenvalue weighted by molar-refractivity contribution is -0.138. The highest BCUT2D eigenvalue weighted by molar-refractivity contribution is 7.98. The van der Waals surface area contributed by atoms with Crippen LogP contribution in [0, 0.1) is 0 Å². The second-order valence-corrected chi connectivity index (χ2v) is 4.83. The summed E-state index contributed by atoms with van der Waals surface area (Å²) in [4.78, 5) is 34.9. The second kappa shape index (κ2) is 6.61. The van der Waals surface area contributed by atoms with Crippen molar-refractivity contribution in [3.63, 3.8) is 0 Å². The van der Waals surface area contributed by atoms with Crippen LogP contribution in [-0.2, 0) is 14.4 Å². The Kier molecular flexibility index (Phi) is 5.43. The number of likely N-dealkylation sites (tertiary alicyclic amines) is 1. The average molecular weight is 259 g/mol. The molecule has 0 aliphatic carbocycles. The van der Waals surface area contributed by atoms with Crippen molar-refractivity contribution in [2.24, 2.45) is 10.9 Å². The number of rotatable bonds is 7. The molecule has 0 saturated carbocycles. The van der Waals surface area contributed by atoms with Crippen LogP contribution in [0.5, 0.6) is 0 Å². The number of primary amides is 1. The van der Waals surface area contributed by atoms with E-state index in [0.717, 1.165) is 18.4 Å². The normalized spacial score (nSPS) is 20.1. The Morgan fingerprint density at radius 2 is 2.06 bits per heavy atom. The molecule has 1 atom stereocenters. The van der Waals surface area contributed by atoms with E-state index in [4.69, 9.17) is 10.9 Å². The highest BCUT2D eigenvalue weighted by atomic mass is 32.2. The molecule has 1 heterocycles. The molecule has 1 fully saturated rings. The Morgan fingerprint density at radius 3 is 2.59 bits per heavy atom. The number of hydrogen-bond donors (Lipinski definition) is 2. The minimum absolute atomic E-state index is 0.159. The van der Waals surface area contributed by atoms with Crippen LogP contribution >= 0.6 is 11.9 Å². The molecule has 96 valence electrons. The number of nitrogens with zero attached hydrogens (tertiary/aromatic N) is 1. The van der Waals surface area contributed by atoms with Crippen molar-refractivity contribution in [1.29, 1.82) is 0 Å². The van der Waals surface area contributed by atoms with Crippen molar-refractivity contribution >= 4 is 29.7 Å². The van der Waals surface area contributed by atoms with Gasteiger partial charge in [0.25, 0.3) is 0 Å². The zero-order valence-electron chi connectivity index (χ0n) is 9.55. The van der Waals surface area contributed by atoms with Gasteiger partial charge in [-0.3, -0.25) is 24.4 Å². The molecule has 0 aromatic heterocycles. The van der Waals surface area contributed by atoms with Crippen LogP contribution in [0.2, 0.25) is 0 Å². The monoisotopic (exact) mass is 259 g/mol. The average Bonchev–Trinajstić information content (AvgIpc) is 2.54. The highest BCUT2D eigenvalue weighted by Gasteiger charge is 2.37. The Hall–Kier alpha value is -1.08. The van der Waals surface area contributed by atoms with Crippen LogP contribution < -0.4 is 10.9 Å². The van der Waals surface area contributed by atoms with Crippen LogP contribution in [0.15, 0.2) is 0 Å². The summed E-state index contributed by atoms with van der Waals surface area (Å²) in [6.45, 7) is 0.410. The lowest BCUT2D eigenvalue weighted by atomic mass is 10.2. The molecule has 1 aliphatic heterocycles. The maximum absolute atomic E-state index is 11.6. The van der Waals surface area contributed by atoms with Gasteiger partial charge in [-0.2, -0.15) is 0 Å². The second-order valence-electron chi connectivity index (χ2n) is 3.99. The number of hydrogen-bond acceptors (Lipinski definition) is 5. The highest BCUT2D eigenvalue weighted by Crippen LogP contribution is 2.21. The molecule has 0 radical (unpaired) electrons. The number of carbonyl (C=O) groups excluding carboxylic acids is 3. The molecule has 17 heavy (non-hydrogen) atoms. The molecule has 1 rings (SSSR count). The van der Waals surface area contributed by atoms with Crippen molar-refractivity contribution in [3.05, 3.63) is 0 Å². The fourth-order valence-electron chi connectivity index (χ4n) is 1.74. The van der Waals surface area contributed by atoms with Gasteiger partial charge in [0.2, 0.25) is 17.7 Å². The molecule has 0 aromatic carbocycles. The Morgan fingerprint density at radius 1 is 1.35 bits per heavy atom. The van der Waals surface area contributed by atoms with Crippen LogP contribution in [0.1, 0.15) is 32.1 Å². The Balaban J connectivity index is 2.25. The van der Waals surface area contributed by atoms with E-state index in [2.05, 4.69) is 0 Å². The zero-order chi connectivity index (χ0) is 12.8. The van der Waals surface area contributed by atoms with E-state index < -0.39 is 5.25 Å². The minimum atomic E-state index is -0.423. The summed E-state index contributed by atoms with van der Waals surface area (Å²) in [7, 11) is 0. The first-order valence-electron chi connectivity index (χ1n) is 5.54. The molecule has 0 bridgehead atoms. The fourth-order valence-corrected chi connectivity index (χ4v) is 2.22. The first kappa shape index (κ1) is 14.0. The van der Waals surface area contributed by atoms with Gasteiger partial charge in [0.15, 0.2) is 0 Å². The van der Waals surface area contributed by atoms with Crippen molar-refractivity contribution in [2.75, 3.05) is 6.54 Å². The van der Waals surface area contributed by atoms with Crippen LogP contribution in [0.25, 0.3) is 0 Å². The molecule has 1 saturated heterocycles. The molecule has 6 nitrogen and oxygen atoms in total. The summed E-state index contributed by atoms with van der Waals surface area (Å²) in [5.74, 6) is -0.678. The maximum Gasteiger partial charge on any atom is 0.244 e. The van der Waals surface area contributed by atoms with E-state index in [1.807, 2.05) is 0 Å². The third-order valence-electron chi connectivity index (χ3n) is 2.67. The van der Waals surface area contributed by atoms with Gasteiger partial charge >= 0.3 is 0 Å². The summed E-state index contributed by atoms with van der Waals surface area (Å²) < 4.78 is 0. The standard InChI is InChI=1S/C10H17N3O3S/c11-8(14)4-2-1-3-5-13-9(15)6-7(17-12)10(13)16/h7H,1-6,12H2,(H2,11,14). The first-order valence-corrected chi connectivity index (χ1v) is 6.48. The quantitative estimate of drug-likeness (QED) is 0.373. The van der Waals surface area contributed by atoms with Crippen LogP contribution in [0.4, 0.5) is 0 Å². The topological polar surface area (TPSA) is 106 Å². The molecular weight excluding hydrogens is 242 g/mol. The molecular formula is C10H17N3O3S. The third kappa shape index (κ3) is 4.01. The van der Waals surface area contributed by atoms with Crippen molar-refractivity contribution in [1.82, 2.24) is 4.90 Å². The number of imide groups is 1. The van der Waals surface area contributed by atoms with E-state index in [-0.39, 0.29) is 24.1 Å². The van der Waals surface area contributed by atoms with Crippen molar-refractivity contribution in [3.8, 4) is 0 Å². The minimum Gasteiger partial charge on any atom is -0.370 e. The zero-order valence-corrected chi connectivity index (χ0v) is 10.4. The van der Waals surface area contributed by atoms with Gasteiger partial charge in [-0.25, -0.2) is 0 Å². The lowest BCUT2D eigenvalue weighted by Gasteiger charge is -2.13. The van der Waals surface area contributed by atoms with E-state index >= 15 is 0 Å². The van der Waals surface area contributed by atoms with Gasteiger partial charge < -0.3 is 5.73 Å². The summed E-state index contributed by atoms with van der Waals surface area (Å²) in [6.07, 6.45) is 2.72. The number of nitrogens with two attached hydrogens (primary N) is 2. The van der Waals surface area contributed by atoms with E-state index in [1.54, 1.807) is 0 Å². The summed E-state index contributed by atoms with van der Waals surface area (Å²) in [5.41, 5.74) is 5.00. The Bertz CT molecular complexity index is 322.